The van der Waals surface area contributed by atoms with E-state index in [1.165, 1.54) is 12.3 Å². The average molecular weight is 261 g/mol. The van der Waals surface area contributed by atoms with Gasteiger partial charge in [-0.15, -0.1) is 0 Å². The zero-order valence-electron chi connectivity index (χ0n) is 10.7. The summed E-state index contributed by atoms with van der Waals surface area (Å²) in [5, 5.41) is 10.4. The van der Waals surface area contributed by atoms with E-state index in [1.54, 1.807) is 0 Å². The van der Waals surface area contributed by atoms with E-state index < -0.39 is 18.0 Å². The maximum atomic E-state index is 13.7. The van der Waals surface area contributed by atoms with Gasteiger partial charge in [-0.3, -0.25) is 4.98 Å². The van der Waals surface area contributed by atoms with Crippen LogP contribution < -0.4 is 0 Å². The Morgan fingerprint density at radius 1 is 1.26 bits per heavy atom. The van der Waals surface area contributed by atoms with Crippen LogP contribution in [0.3, 0.4) is 0 Å². The molecular weight excluding hydrogens is 245 g/mol. The second kappa shape index (κ2) is 6.41. The average Bonchev–Trinajstić information content (AvgIpc) is 2.45. The number of pyridine rings is 1. The summed E-state index contributed by atoms with van der Waals surface area (Å²) >= 11 is 0. The molecule has 0 fully saturated rings. The number of aliphatic hydroxyl groups is 1. The lowest BCUT2D eigenvalue weighted by molar-refractivity contribution is -0.0375. The summed E-state index contributed by atoms with van der Waals surface area (Å²) in [4.78, 5) is 3.68. The van der Waals surface area contributed by atoms with Crippen LogP contribution in [0.25, 0.3) is 0 Å². The van der Waals surface area contributed by atoms with Crippen LogP contribution in [0.15, 0.2) is 48.8 Å². The number of aliphatic hydroxyl groups excluding tert-OH is 1. The van der Waals surface area contributed by atoms with Crippen molar-refractivity contribution in [1.82, 2.24) is 4.98 Å². The van der Waals surface area contributed by atoms with Crippen LogP contribution in [-0.2, 0) is 4.74 Å². The fourth-order valence-corrected chi connectivity index (χ4v) is 1.98. The van der Waals surface area contributed by atoms with E-state index in [-0.39, 0.29) is 5.56 Å². The molecule has 0 bridgehead atoms. The number of nitrogens with zero attached hydrogens (tertiary/aromatic N) is 1. The maximum Gasteiger partial charge on any atom is 0.147 e. The minimum absolute atomic E-state index is 0.192. The van der Waals surface area contributed by atoms with Gasteiger partial charge in [-0.1, -0.05) is 30.3 Å². The summed E-state index contributed by atoms with van der Waals surface area (Å²) in [6, 6.07) is 10.8. The van der Waals surface area contributed by atoms with Crippen LogP contribution >= 0.6 is 0 Å². The molecule has 0 amide bonds. The highest BCUT2D eigenvalue weighted by Crippen LogP contribution is 2.32. The van der Waals surface area contributed by atoms with Crippen LogP contribution in [0.4, 0.5) is 4.39 Å². The van der Waals surface area contributed by atoms with Gasteiger partial charge in [0.25, 0.3) is 0 Å². The molecule has 1 aromatic carbocycles. The first kappa shape index (κ1) is 13.6. The smallest absolute Gasteiger partial charge is 0.147 e. The molecule has 0 radical (unpaired) electrons. The minimum Gasteiger partial charge on any atom is -0.385 e. The Hall–Kier alpha value is -1.78. The molecule has 0 saturated heterocycles. The van der Waals surface area contributed by atoms with Gasteiger partial charge in [-0.2, -0.15) is 0 Å². The van der Waals surface area contributed by atoms with E-state index in [9.17, 15) is 9.50 Å². The predicted octanol–water partition coefficient (Wildman–Crippen LogP) is 3.03. The monoisotopic (exact) mass is 261 g/mol. The molecule has 2 aromatic rings. The molecule has 0 saturated carbocycles. The lowest BCUT2D eigenvalue weighted by Crippen LogP contribution is -2.16. The van der Waals surface area contributed by atoms with Crippen molar-refractivity contribution < 1.29 is 14.2 Å². The van der Waals surface area contributed by atoms with E-state index in [4.69, 9.17) is 4.74 Å². The molecule has 2 atom stereocenters. The second-order valence-electron chi connectivity index (χ2n) is 4.13. The number of ether oxygens (including phenoxy) is 1. The molecule has 4 heteroatoms. The number of benzene rings is 1. The molecule has 100 valence electrons. The molecule has 1 heterocycles. The van der Waals surface area contributed by atoms with E-state index >= 15 is 0 Å². The summed E-state index contributed by atoms with van der Waals surface area (Å²) in [6.45, 7) is 2.27. The van der Waals surface area contributed by atoms with Crippen LogP contribution in [-0.4, -0.2) is 16.7 Å². The number of hydrogen-bond acceptors (Lipinski definition) is 3. The number of aromatic nitrogens is 1. The third-order valence-corrected chi connectivity index (χ3v) is 2.88. The SMILES string of the molecule is CCOC(c1ccccc1)C(O)c1ccncc1F. The summed E-state index contributed by atoms with van der Waals surface area (Å²) < 4.78 is 19.2. The molecule has 1 N–H and O–H groups in total. The molecule has 0 aliphatic carbocycles. The molecule has 0 aliphatic rings. The molecule has 1 aromatic heterocycles. The molecular formula is C15H16FNO2. The standard InChI is InChI=1S/C15H16FNO2/c1-2-19-15(11-6-4-3-5-7-11)14(18)12-8-9-17-10-13(12)16/h3-10,14-15,18H,2H2,1H3. The van der Waals surface area contributed by atoms with E-state index in [2.05, 4.69) is 4.98 Å². The second-order valence-corrected chi connectivity index (χ2v) is 4.13. The van der Waals surface area contributed by atoms with Gasteiger partial charge in [0.05, 0.1) is 6.20 Å². The minimum atomic E-state index is -1.06. The summed E-state index contributed by atoms with van der Waals surface area (Å²) in [5.74, 6) is -0.532. The van der Waals surface area contributed by atoms with Gasteiger partial charge >= 0.3 is 0 Å². The Kier molecular flexibility index (Phi) is 4.60. The number of hydrogen-bond donors (Lipinski definition) is 1. The van der Waals surface area contributed by atoms with Crippen molar-refractivity contribution in [1.29, 1.82) is 0 Å². The van der Waals surface area contributed by atoms with Gasteiger partial charge in [0.2, 0.25) is 0 Å². The zero-order chi connectivity index (χ0) is 13.7. The highest BCUT2D eigenvalue weighted by molar-refractivity contribution is 5.24. The fourth-order valence-electron chi connectivity index (χ4n) is 1.98. The van der Waals surface area contributed by atoms with Gasteiger partial charge in [-0.25, -0.2) is 4.39 Å². The van der Waals surface area contributed by atoms with Crippen molar-refractivity contribution >= 4 is 0 Å². The van der Waals surface area contributed by atoms with Gasteiger partial charge in [0.1, 0.15) is 18.0 Å². The number of halogens is 1. The normalized spacial score (nSPS) is 14.1. The van der Waals surface area contributed by atoms with Crippen molar-refractivity contribution in [3.05, 3.63) is 65.7 Å². The molecule has 2 unspecified atom stereocenters. The largest absolute Gasteiger partial charge is 0.385 e. The predicted molar refractivity (Wildman–Crippen MR) is 70.0 cm³/mol. The van der Waals surface area contributed by atoms with Crippen molar-refractivity contribution in [2.75, 3.05) is 6.61 Å². The Morgan fingerprint density at radius 2 is 2.00 bits per heavy atom. The van der Waals surface area contributed by atoms with Gasteiger partial charge in [-0.05, 0) is 18.6 Å². The van der Waals surface area contributed by atoms with Gasteiger partial charge in [0, 0.05) is 18.4 Å². The highest BCUT2D eigenvalue weighted by atomic mass is 19.1. The Morgan fingerprint density at radius 3 is 2.63 bits per heavy atom. The zero-order valence-corrected chi connectivity index (χ0v) is 10.7. The molecule has 2 rings (SSSR count). The molecule has 19 heavy (non-hydrogen) atoms. The van der Waals surface area contributed by atoms with Gasteiger partial charge in [0.15, 0.2) is 0 Å². The fraction of sp³-hybridized carbons (Fsp3) is 0.267. The third-order valence-electron chi connectivity index (χ3n) is 2.88. The lowest BCUT2D eigenvalue weighted by Gasteiger charge is -2.23. The first-order valence-corrected chi connectivity index (χ1v) is 6.18. The van der Waals surface area contributed by atoms with Crippen molar-refractivity contribution in [3.63, 3.8) is 0 Å². The van der Waals surface area contributed by atoms with Crippen molar-refractivity contribution in [3.8, 4) is 0 Å². The maximum absolute atomic E-state index is 13.7. The third kappa shape index (κ3) is 3.16. The lowest BCUT2D eigenvalue weighted by atomic mass is 9.98. The molecule has 0 spiro atoms. The van der Waals surface area contributed by atoms with Crippen LogP contribution in [0.5, 0.6) is 0 Å². The first-order valence-electron chi connectivity index (χ1n) is 6.18. The van der Waals surface area contributed by atoms with E-state index in [0.29, 0.717) is 6.61 Å². The Balaban J connectivity index is 2.32. The highest BCUT2D eigenvalue weighted by Gasteiger charge is 2.25. The number of rotatable bonds is 5. The topological polar surface area (TPSA) is 42.4 Å². The summed E-state index contributed by atoms with van der Waals surface area (Å²) in [5.41, 5.74) is 1.00. The molecule has 0 aliphatic heterocycles. The van der Waals surface area contributed by atoms with Gasteiger partial charge < -0.3 is 9.84 Å². The first-order chi connectivity index (χ1) is 9.24. The summed E-state index contributed by atoms with van der Waals surface area (Å²) in [6.07, 6.45) is 0.885. The van der Waals surface area contributed by atoms with E-state index in [0.717, 1.165) is 11.8 Å². The van der Waals surface area contributed by atoms with Crippen LogP contribution in [0.2, 0.25) is 0 Å². The van der Waals surface area contributed by atoms with E-state index in [1.807, 2.05) is 37.3 Å². The van der Waals surface area contributed by atoms with Crippen LogP contribution in [0, 0.1) is 5.82 Å². The van der Waals surface area contributed by atoms with Crippen LogP contribution in [0.1, 0.15) is 30.3 Å². The quantitative estimate of drug-likeness (QED) is 0.899. The summed E-state index contributed by atoms with van der Waals surface area (Å²) in [7, 11) is 0. The molecule has 3 nitrogen and oxygen atoms in total. The van der Waals surface area contributed by atoms with Crippen molar-refractivity contribution in [2.45, 2.75) is 19.1 Å². The van der Waals surface area contributed by atoms with Crippen molar-refractivity contribution in [2.24, 2.45) is 0 Å². The Labute approximate surface area is 111 Å². The Bertz CT molecular complexity index is 519.